The Morgan fingerprint density at radius 2 is 1.95 bits per heavy atom. The van der Waals surface area contributed by atoms with Crippen LogP contribution in [0.1, 0.15) is 10.6 Å². The summed E-state index contributed by atoms with van der Waals surface area (Å²) in [5.74, 6) is -0.216. The second kappa shape index (κ2) is 6.58. The van der Waals surface area contributed by atoms with Crippen LogP contribution in [0.3, 0.4) is 0 Å². The summed E-state index contributed by atoms with van der Waals surface area (Å²) in [6.07, 6.45) is 0.688. The molecule has 0 aliphatic carbocycles. The molecule has 0 unspecified atom stereocenters. The Morgan fingerprint density at radius 1 is 1.21 bits per heavy atom. The highest BCUT2D eigenvalue weighted by atomic mass is 32.1. The molecule has 0 bridgehead atoms. The van der Waals surface area contributed by atoms with Crippen LogP contribution in [0.15, 0.2) is 24.3 Å². The molecule has 0 aliphatic heterocycles. The summed E-state index contributed by atoms with van der Waals surface area (Å²) in [6.45, 7) is 1.80. The van der Waals surface area contributed by atoms with E-state index in [0.717, 1.165) is 28.8 Å². The van der Waals surface area contributed by atoms with Crippen LogP contribution in [0.2, 0.25) is 0 Å². The fourth-order valence-corrected chi connectivity index (χ4v) is 2.36. The summed E-state index contributed by atoms with van der Waals surface area (Å²) >= 11 is 1.54. The zero-order chi connectivity index (χ0) is 13.7. The Balaban J connectivity index is 1.88. The molecule has 0 amide bonds. The maximum atomic E-state index is 12.8. The van der Waals surface area contributed by atoms with Gasteiger partial charge in [0.2, 0.25) is 5.13 Å². The van der Waals surface area contributed by atoms with Gasteiger partial charge in [-0.1, -0.05) is 23.5 Å². The first kappa shape index (κ1) is 13.9. The van der Waals surface area contributed by atoms with Gasteiger partial charge in [0.15, 0.2) is 0 Å². The van der Waals surface area contributed by atoms with Crippen LogP contribution in [-0.2, 0) is 6.42 Å². The molecule has 0 saturated heterocycles. The second-order valence-corrected chi connectivity index (χ2v) is 5.60. The minimum absolute atomic E-state index is 0.216. The SMILES string of the molecule is CN(C)CCNc1nnc(Cc2ccc(F)cc2)s1. The predicted octanol–water partition coefficient (Wildman–Crippen LogP) is 2.24. The van der Waals surface area contributed by atoms with Gasteiger partial charge in [-0.2, -0.15) is 0 Å². The van der Waals surface area contributed by atoms with Crippen LogP contribution in [0.4, 0.5) is 9.52 Å². The Morgan fingerprint density at radius 3 is 2.63 bits per heavy atom. The Kier molecular flexibility index (Phi) is 4.81. The minimum atomic E-state index is -0.216. The Hall–Kier alpha value is -1.53. The molecule has 2 aromatic rings. The summed E-state index contributed by atoms with van der Waals surface area (Å²) in [5, 5.41) is 13.2. The quantitative estimate of drug-likeness (QED) is 0.881. The molecular formula is C13H17FN4S. The number of nitrogens with zero attached hydrogens (tertiary/aromatic N) is 3. The van der Waals surface area contributed by atoms with Gasteiger partial charge in [-0.15, -0.1) is 10.2 Å². The third-order valence-electron chi connectivity index (χ3n) is 2.57. The van der Waals surface area contributed by atoms with Gasteiger partial charge in [-0.05, 0) is 31.8 Å². The van der Waals surface area contributed by atoms with Crippen molar-refractivity contribution in [3.05, 3.63) is 40.7 Å². The topological polar surface area (TPSA) is 41.0 Å². The van der Waals surface area contributed by atoms with Crippen molar-refractivity contribution in [1.82, 2.24) is 15.1 Å². The summed E-state index contributed by atoms with van der Waals surface area (Å²) in [6, 6.07) is 6.48. The second-order valence-electron chi connectivity index (χ2n) is 4.53. The average Bonchev–Trinajstić information content (AvgIpc) is 2.79. The van der Waals surface area contributed by atoms with E-state index in [2.05, 4.69) is 20.4 Å². The van der Waals surface area contributed by atoms with E-state index in [1.165, 1.54) is 23.5 Å². The van der Waals surface area contributed by atoms with Crippen molar-refractivity contribution in [2.24, 2.45) is 0 Å². The number of benzene rings is 1. The van der Waals surface area contributed by atoms with E-state index in [1.54, 1.807) is 12.1 Å². The molecule has 0 spiro atoms. The highest BCUT2D eigenvalue weighted by molar-refractivity contribution is 7.15. The third kappa shape index (κ3) is 4.57. The first-order valence-electron chi connectivity index (χ1n) is 6.09. The van der Waals surface area contributed by atoms with Crippen LogP contribution >= 0.6 is 11.3 Å². The molecule has 1 aromatic carbocycles. The molecule has 0 fully saturated rings. The van der Waals surface area contributed by atoms with E-state index >= 15 is 0 Å². The van der Waals surface area contributed by atoms with Gasteiger partial charge in [0.1, 0.15) is 10.8 Å². The monoisotopic (exact) mass is 280 g/mol. The fourth-order valence-electron chi connectivity index (χ4n) is 1.56. The zero-order valence-electron chi connectivity index (χ0n) is 11.1. The van der Waals surface area contributed by atoms with Crippen LogP contribution < -0.4 is 5.32 Å². The lowest BCUT2D eigenvalue weighted by atomic mass is 10.2. The normalized spacial score (nSPS) is 10.9. The standard InChI is InChI=1S/C13H17FN4S/c1-18(2)8-7-15-13-17-16-12(19-13)9-10-3-5-11(14)6-4-10/h3-6H,7-9H2,1-2H3,(H,15,17). The van der Waals surface area contributed by atoms with Crippen LogP contribution in [0, 0.1) is 5.82 Å². The van der Waals surface area contributed by atoms with E-state index < -0.39 is 0 Å². The third-order valence-corrected chi connectivity index (χ3v) is 3.45. The molecule has 102 valence electrons. The molecule has 2 rings (SSSR count). The molecule has 1 aromatic heterocycles. The lowest BCUT2D eigenvalue weighted by molar-refractivity contribution is 0.425. The molecule has 6 heteroatoms. The Bertz CT molecular complexity index is 510. The van der Waals surface area contributed by atoms with E-state index in [4.69, 9.17) is 0 Å². The number of anilines is 1. The van der Waals surface area contributed by atoms with E-state index in [9.17, 15) is 4.39 Å². The molecule has 1 heterocycles. The van der Waals surface area contributed by atoms with Crippen molar-refractivity contribution < 1.29 is 4.39 Å². The molecule has 1 N–H and O–H groups in total. The van der Waals surface area contributed by atoms with Crippen molar-refractivity contribution in [3.63, 3.8) is 0 Å². The van der Waals surface area contributed by atoms with Crippen molar-refractivity contribution >= 4 is 16.5 Å². The summed E-state index contributed by atoms with van der Waals surface area (Å²) in [7, 11) is 4.06. The van der Waals surface area contributed by atoms with Crippen molar-refractivity contribution in [2.75, 3.05) is 32.5 Å². The van der Waals surface area contributed by atoms with E-state index in [-0.39, 0.29) is 5.82 Å². The van der Waals surface area contributed by atoms with Gasteiger partial charge in [0.05, 0.1) is 0 Å². The van der Waals surface area contributed by atoms with E-state index in [0.29, 0.717) is 6.42 Å². The highest BCUT2D eigenvalue weighted by Gasteiger charge is 2.05. The largest absolute Gasteiger partial charge is 0.359 e. The number of halogens is 1. The first-order chi connectivity index (χ1) is 9.13. The summed E-state index contributed by atoms with van der Waals surface area (Å²) in [4.78, 5) is 2.10. The number of aromatic nitrogens is 2. The molecule has 0 saturated carbocycles. The molecule has 0 atom stereocenters. The van der Waals surface area contributed by atoms with Crippen molar-refractivity contribution in [2.45, 2.75) is 6.42 Å². The predicted molar refractivity (Wildman–Crippen MR) is 76.2 cm³/mol. The number of nitrogens with one attached hydrogen (secondary N) is 1. The number of rotatable bonds is 6. The molecule has 19 heavy (non-hydrogen) atoms. The lowest BCUT2D eigenvalue weighted by Crippen LogP contribution is -2.20. The highest BCUT2D eigenvalue weighted by Crippen LogP contribution is 2.18. The van der Waals surface area contributed by atoms with Gasteiger partial charge < -0.3 is 10.2 Å². The minimum Gasteiger partial charge on any atom is -0.359 e. The number of likely N-dealkylation sites (N-methyl/N-ethyl adjacent to an activating group) is 1. The maximum absolute atomic E-state index is 12.8. The van der Waals surface area contributed by atoms with Gasteiger partial charge in [-0.25, -0.2) is 4.39 Å². The molecule has 0 radical (unpaired) electrons. The van der Waals surface area contributed by atoms with Crippen LogP contribution in [-0.4, -0.2) is 42.3 Å². The van der Waals surface area contributed by atoms with Gasteiger partial charge >= 0.3 is 0 Å². The summed E-state index contributed by atoms with van der Waals surface area (Å²) in [5.41, 5.74) is 1.04. The van der Waals surface area contributed by atoms with Crippen molar-refractivity contribution in [3.8, 4) is 0 Å². The van der Waals surface area contributed by atoms with Gasteiger partial charge in [0, 0.05) is 19.5 Å². The van der Waals surface area contributed by atoms with Gasteiger partial charge in [-0.3, -0.25) is 0 Å². The molecule has 0 aliphatic rings. The average molecular weight is 280 g/mol. The number of hydrogen-bond acceptors (Lipinski definition) is 5. The molecular weight excluding hydrogens is 263 g/mol. The van der Waals surface area contributed by atoms with Gasteiger partial charge in [0.25, 0.3) is 0 Å². The summed E-state index contributed by atoms with van der Waals surface area (Å²) < 4.78 is 12.8. The molecule has 4 nitrogen and oxygen atoms in total. The lowest BCUT2D eigenvalue weighted by Gasteiger charge is -2.08. The smallest absolute Gasteiger partial charge is 0.205 e. The maximum Gasteiger partial charge on any atom is 0.205 e. The fraction of sp³-hybridized carbons (Fsp3) is 0.385. The van der Waals surface area contributed by atoms with Crippen LogP contribution in [0.25, 0.3) is 0 Å². The Labute approximate surface area is 116 Å². The van der Waals surface area contributed by atoms with E-state index in [1.807, 2.05) is 14.1 Å². The number of hydrogen-bond donors (Lipinski definition) is 1. The zero-order valence-corrected chi connectivity index (χ0v) is 11.9. The van der Waals surface area contributed by atoms with Crippen LogP contribution in [0.5, 0.6) is 0 Å². The van der Waals surface area contributed by atoms with Crippen molar-refractivity contribution in [1.29, 1.82) is 0 Å². The first-order valence-corrected chi connectivity index (χ1v) is 6.90.